The third-order valence-corrected chi connectivity index (χ3v) is 3.30. The summed E-state index contributed by atoms with van der Waals surface area (Å²) in [5.74, 6) is 0. The lowest BCUT2D eigenvalue weighted by molar-refractivity contribution is 0.443. The van der Waals surface area contributed by atoms with Crippen LogP contribution in [0, 0.1) is 5.41 Å². The van der Waals surface area contributed by atoms with Crippen LogP contribution in [0.5, 0.6) is 0 Å². The van der Waals surface area contributed by atoms with Gasteiger partial charge in [-0.15, -0.1) is 0 Å². The molecule has 0 aliphatic rings. The van der Waals surface area contributed by atoms with Crippen LogP contribution in [0.15, 0.2) is 33.5 Å². The van der Waals surface area contributed by atoms with Crippen LogP contribution >= 0.6 is 15.9 Å². The van der Waals surface area contributed by atoms with E-state index in [0.717, 1.165) is 21.9 Å². The topological polar surface area (TPSA) is 44.9 Å². The van der Waals surface area contributed by atoms with Crippen molar-refractivity contribution >= 4 is 32.5 Å². The van der Waals surface area contributed by atoms with Crippen molar-refractivity contribution < 1.29 is 0 Å². The number of rotatable bonds is 2. The molecule has 0 bridgehead atoms. The van der Waals surface area contributed by atoms with Gasteiger partial charge in [-0.05, 0) is 33.5 Å². The molecular formula is C14H17BrN2O. The number of anilines is 1. The van der Waals surface area contributed by atoms with Gasteiger partial charge >= 0.3 is 0 Å². The first-order valence-electron chi connectivity index (χ1n) is 5.92. The van der Waals surface area contributed by atoms with E-state index in [9.17, 15) is 4.79 Å². The predicted molar refractivity (Wildman–Crippen MR) is 80.2 cm³/mol. The van der Waals surface area contributed by atoms with E-state index in [2.05, 4.69) is 47.0 Å². The van der Waals surface area contributed by atoms with Gasteiger partial charge in [-0.3, -0.25) is 4.79 Å². The molecule has 96 valence electrons. The van der Waals surface area contributed by atoms with Gasteiger partial charge in [0.1, 0.15) is 5.69 Å². The molecule has 0 saturated carbocycles. The van der Waals surface area contributed by atoms with Crippen LogP contribution in [-0.2, 0) is 0 Å². The van der Waals surface area contributed by atoms with Crippen LogP contribution in [0.25, 0.3) is 10.9 Å². The van der Waals surface area contributed by atoms with E-state index in [1.807, 2.05) is 24.3 Å². The summed E-state index contributed by atoms with van der Waals surface area (Å²) >= 11 is 3.44. The zero-order valence-corrected chi connectivity index (χ0v) is 12.4. The molecule has 0 fully saturated rings. The number of para-hydroxylation sites is 1. The Morgan fingerprint density at radius 3 is 2.72 bits per heavy atom. The average Bonchev–Trinajstić information content (AvgIpc) is 2.27. The molecule has 1 aromatic carbocycles. The molecule has 0 atom stereocenters. The predicted octanol–water partition coefficient (Wildman–Crippen LogP) is 3.75. The molecule has 18 heavy (non-hydrogen) atoms. The van der Waals surface area contributed by atoms with Crippen molar-refractivity contribution in [2.75, 3.05) is 11.9 Å². The molecule has 0 radical (unpaired) electrons. The van der Waals surface area contributed by atoms with Crippen LogP contribution in [0.3, 0.4) is 0 Å². The van der Waals surface area contributed by atoms with Gasteiger partial charge in [0.05, 0.1) is 5.52 Å². The van der Waals surface area contributed by atoms with E-state index < -0.39 is 0 Å². The Bertz CT molecular complexity index is 626. The first-order valence-corrected chi connectivity index (χ1v) is 6.71. The Kier molecular flexibility index (Phi) is 3.48. The Hall–Kier alpha value is -1.29. The van der Waals surface area contributed by atoms with E-state index in [1.165, 1.54) is 0 Å². The van der Waals surface area contributed by atoms with E-state index in [1.54, 1.807) is 0 Å². The highest BCUT2D eigenvalue weighted by Gasteiger charge is 2.11. The van der Waals surface area contributed by atoms with Crippen LogP contribution in [0.2, 0.25) is 0 Å². The molecule has 1 heterocycles. The maximum Gasteiger partial charge on any atom is 0.271 e. The monoisotopic (exact) mass is 308 g/mol. The summed E-state index contributed by atoms with van der Waals surface area (Å²) in [5.41, 5.74) is 1.51. The number of benzene rings is 1. The first-order chi connectivity index (χ1) is 8.37. The minimum absolute atomic E-state index is 0.0846. The van der Waals surface area contributed by atoms with Crippen molar-refractivity contribution in [2.45, 2.75) is 20.8 Å². The molecule has 0 unspecified atom stereocenters. The van der Waals surface area contributed by atoms with Crippen LogP contribution < -0.4 is 10.9 Å². The second kappa shape index (κ2) is 4.76. The summed E-state index contributed by atoms with van der Waals surface area (Å²) in [7, 11) is 0. The quantitative estimate of drug-likeness (QED) is 0.887. The van der Waals surface area contributed by atoms with Crippen molar-refractivity contribution in [2.24, 2.45) is 5.41 Å². The summed E-state index contributed by atoms with van der Waals surface area (Å²) in [6.07, 6.45) is 0. The molecular weight excluding hydrogens is 292 g/mol. The molecule has 2 N–H and O–H groups in total. The molecule has 1 aromatic heterocycles. The molecule has 0 amide bonds. The molecule has 0 aliphatic heterocycles. The highest BCUT2D eigenvalue weighted by molar-refractivity contribution is 9.10. The highest BCUT2D eigenvalue weighted by Crippen LogP contribution is 2.22. The van der Waals surface area contributed by atoms with Crippen LogP contribution in [0.4, 0.5) is 5.69 Å². The van der Waals surface area contributed by atoms with Crippen LogP contribution in [-0.4, -0.2) is 11.5 Å². The molecule has 0 aliphatic carbocycles. The van der Waals surface area contributed by atoms with E-state index >= 15 is 0 Å². The van der Waals surface area contributed by atoms with Gasteiger partial charge in [-0.25, -0.2) is 0 Å². The summed E-state index contributed by atoms with van der Waals surface area (Å²) in [4.78, 5) is 14.9. The number of hydrogen-bond donors (Lipinski definition) is 2. The second-order valence-corrected chi connectivity index (χ2v) is 6.48. The van der Waals surface area contributed by atoms with Gasteiger partial charge in [0, 0.05) is 16.4 Å². The maximum atomic E-state index is 12.0. The number of nitrogens with one attached hydrogen (secondary N) is 2. The van der Waals surface area contributed by atoms with Crippen molar-refractivity contribution in [1.82, 2.24) is 4.98 Å². The molecule has 2 aromatic rings. The Balaban J connectivity index is 2.41. The zero-order chi connectivity index (χ0) is 13.3. The number of pyridine rings is 1. The fraction of sp³-hybridized carbons (Fsp3) is 0.357. The highest BCUT2D eigenvalue weighted by atomic mass is 79.9. The number of halogens is 1. The Morgan fingerprint density at radius 1 is 1.33 bits per heavy atom. The number of fused-ring (bicyclic) bond motifs is 1. The van der Waals surface area contributed by atoms with Crippen molar-refractivity contribution in [3.8, 4) is 0 Å². The summed E-state index contributed by atoms with van der Waals surface area (Å²) in [5, 5.41) is 4.22. The summed E-state index contributed by atoms with van der Waals surface area (Å²) < 4.78 is 0.902. The summed E-state index contributed by atoms with van der Waals surface area (Å²) in [6, 6.07) is 7.75. The van der Waals surface area contributed by atoms with Gasteiger partial charge < -0.3 is 10.3 Å². The zero-order valence-electron chi connectivity index (χ0n) is 10.8. The van der Waals surface area contributed by atoms with Crippen molar-refractivity contribution in [3.63, 3.8) is 0 Å². The van der Waals surface area contributed by atoms with E-state index in [-0.39, 0.29) is 11.0 Å². The fourth-order valence-corrected chi connectivity index (χ4v) is 2.17. The molecule has 4 heteroatoms. The third-order valence-electron chi connectivity index (χ3n) is 2.64. The molecule has 2 rings (SSSR count). The number of H-pyrrole nitrogens is 1. The summed E-state index contributed by atoms with van der Waals surface area (Å²) in [6.45, 7) is 7.15. The first kappa shape index (κ1) is 13.1. The SMILES string of the molecule is CC(C)(C)CNc1cc2cccc(Br)c2[nH]c1=O. The lowest BCUT2D eigenvalue weighted by Gasteiger charge is -2.19. The standard InChI is InChI=1S/C14H17BrN2O/c1-14(2,3)8-16-11-7-9-5-4-6-10(15)12(9)17-13(11)18/h4-7,16H,8H2,1-3H3,(H,17,18). The van der Waals surface area contributed by atoms with Gasteiger partial charge in [-0.1, -0.05) is 32.9 Å². The maximum absolute atomic E-state index is 12.0. The Morgan fingerprint density at radius 2 is 2.06 bits per heavy atom. The molecule has 3 nitrogen and oxygen atoms in total. The molecule has 0 spiro atoms. The van der Waals surface area contributed by atoms with Gasteiger partial charge in [0.15, 0.2) is 0 Å². The largest absolute Gasteiger partial charge is 0.380 e. The van der Waals surface area contributed by atoms with E-state index in [0.29, 0.717) is 5.69 Å². The number of hydrogen-bond acceptors (Lipinski definition) is 2. The second-order valence-electron chi connectivity index (χ2n) is 5.63. The van der Waals surface area contributed by atoms with Crippen molar-refractivity contribution in [1.29, 1.82) is 0 Å². The number of aromatic amines is 1. The smallest absolute Gasteiger partial charge is 0.271 e. The third kappa shape index (κ3) is 2.93. The van der Waals surface area contributed by atoms with Gasteiger partial charge in [-0.2, -0.15) is 0 Å². The minimum Gasteiger partial charge on any atom is -0.380 e. The van der Waals surface area contributed by atoms with Crippen molar-refractivity contribution in [3.05, 3.63) is 39.1 Å². The lowest BCUT2D eigenvalue weighted by atomic mass is 9.97. The van der Waals surface area contributed by atoms with Crippen LogP contribution in [0.1, 0.15) is 20.8 Å². The fourth-order valence-electron chi connectivity index (χ4n) is 1.69. The molecule has 0 saturated heterocycles. The normalized spacial score (nSPS) is 11.8. The van der Waals surface area contributed by atoms with E-state index in [4.69, 9.17) is 0 Å². The minimum atomic E-state index is -0.0846. The average molecular weight is 309 g/mol. The van der Waals surface area contributed by atoms with Gasteiger partial charge in [0.2, 0.25) is 0 Å². The Labute approximate surface area is 115 Å². The lowest BCUT2D eigenvalue weighted by Crippen LogP contribution is -2.23. The number of aromatic nitrogens is 1. The van der Waals surface area contributed by atoms with Gasteiger partial charge in [0.25, 0.3) is 5.56 Å².